The molecule has 1 N–H and O–H groups in total. The summed E-state index contributed by atoms with van der Waals surface area (Å²) in [7, 11) is -4.77. The highest BCUT2D eigenvalue weighted by Gasteiger charge is 2.28. The first-order valence-electron chi connectivity index (χ1n) is 12.0. The average Bonchev–Trinajstić information content (AvgIpc) is 3.30. The van der Waals surface area contributed by atoms with Gasteiger partial charge < -0.3 is 0 Å². The number of sulfonamides is 1. The number of nitrogens with zero attached hydrogens (tertiary/aromatic N) is 3. The molecule has 0 saturated carbocycles. The lowest BCUT2D eigenvalue weighted by molar-refractivity contribution is 0.521. The molecule has 0 amide bonds. The number of aromatic nitrogens is 3. The van der Waals surface area contributed by atoms with Crippen LogP contribution in [0.15, 0.2) is 53.6 Å². The Morgan fingerprint density at radius 2 is 1.68 bits per heavy atom. The number of thiazole rings is 1. The topological polar surface area (TPSA) is 84.8 Å². The van der Waals surface area contributed by atoms with Gasteiger partial charge in [0.1, 0.15) is 17.5 Å². The van der Waals surface area contributed by atoms with Crippen molar-refractivity contribution in [1.29, 1.82) is 0 Å². The van der Waals surface area contributed by atoms with E-state index < -0.39 is 38.1 Å². The third-order valence-corrected chi connectivity index (χ3v) is 8.57. The normalized spacial score (nSPS) is 12.1. The highest BCUT2D eigenvalue weighted by Crippen LogP contribution is 2.42. The first kappa shape index (κ1) is 27.7. The molecule has 0 unspecified atom stereocenters. The van der Waals surface area contributed by atoms with Gasteiger partial charge in [-0.3, -0.25) is 4.72 Å². The summed E-state index contributed by atoms with van der Waals surface area (Å²) in [6.45, 7) is 8.02. The maximum Gasteiger partial charge on any atom is 0.267 e. The summed E-state index contributed by atoms with van der Waals surface area (Å²) in [6.07, 6.45) is 4.25. The van der Waals surface area contributed by atoms with Crippen molar-refractivity contribution in [3.63, 3.8) is 0 Å². The second-order valence-corrected chi connectivity index (χ2v) is 12.4. The Morgan fingerprint density at radius 3 is 2.34 bits per heavy atom. The molecule has 0 bridgehead atoms. The van der Waals surface area contributed by atoms with Crippen molar-refractivity contribution in [1.82, 2.24) is 15.0 Å². The molecule has 11 heteroatoms. The van der Waals surface area contributed by atoms with Crippen LogP contribution < -0.4 is 4.72 Å². The van der Waals surface area contributed by atoms with Crippen LogP contribution in [-0.4, -0.2) is 23.4 Å². The number of hydrogen-bond donors (Lipinski definition) is 1. The number of benzene rings is 2. The van der Waals surface area contributed by atoms with Gasteiger partial charge in [-0.05, 0) is 36.8 Å². The Morgan fingerprint density at radius 1 is 1.00 bits per heavy atom. The Labute approximate surface area is 225 Å². The van der Waals surface area contributed by atoms with Crippen molar-refractivity contribution in [3.8, 4) is 21.8 Å². The third-order valence-electron chi connectivity index (χ3n) is 5.65. The molecule has 0 radical (unpaired) electrons. The lowest BCUT2D eigenvalue weighted by Gasteiger charge is -2.14. The first-order chi connectivity index (χ1) is 17.9. The van der Waals surface area contributed by atoms with Crippen molar-refractivity contribution < 1.29 is 23.0 Å². The van der Waals surface area contributed by atoms with Crippen LogP contribution in [0.5, 0.6) is 0 Å². The van der Waals surface area contributed by atoms with Gasteiger partial charge in [0.15, 0.2) is 10.7 Å². The fraction of sp³-hybridized carbons (Fsp3) is 0.296. The minimum Gasteiger partial charge on any atom is -0.276 e. The fourth-order valence-corrected chi connectivity index (χ4v) is 6.01. The Hall–Kier alpha value is -3.31. The van der Waals surface area contributed by atoms with Gasteiger partial charge in [-0.15, -0.1) is 11.3 Å². The molecule has 0 spiro atoms. The number of aryl methyl sites for hydroxylation is 1. The summed E-state index contributed by atoms with van der Waals surface area (Å²) in [5.74, 6) is -2.84. The number of unbranched alkanes of at least 4 members (excludes halogenated alkanes) is 1. The van der Waals surface area contributed by atoms with Crippen LogP contribution in [0.4, 0.5) is 18.9 Å². The van der Waals surface area contributed by atoms with Crippen molar-refractivity contribution in [3.05, 3.63) is 76.9 Å². The zero-order valence-electron chi connectivity index (χ0n) is 21.3. The van der Waals surface area contributed by atoms with Crippen LogP contribution in [0.25, 0.3) is 21.8 Å². The molecule has 0 aliphatic heterocycles. The smallest absolute Gasteiger partial charge is 0.267 e. The summed E-state index contributed by atoms with van der Waals surface area (Å²) in [4.78, 5) is 13.2. The number of hydrogen-bond acceptors (Lipinski definition) is 6. The van der Waals surface area contributed by atoms with Gasteiger partial charge in [0.25, 0.3) is 10.0 Å². The predicted molar refractivity (Wildman–Crippen MR) is 145 cm³/mol. The lowest BCUT2D eigenvalue weighted by atomic mass is 9.98. The van der Waals surface area contributed by atoms with E-state index in [9.17, 15) is 17.2 Å². The van der Waals surface area contributed by atoms with Gasteiger partial charge in [0, 0.05) is 25.0 Å². The van der Waals surface area contributed by atoms with Crippen LogP contribution in [0.2, 0.25) is 0 Å². The van der Waals surface area contributed by atoms with Gasteiger partial charge in [-0.1, -0.05) is 46.2 Å². The quantitative estimate of drug-likeness (QED) is 0.242. The number of nitrogens with one attached hydrogen (secondary N) is 1. The van der Waals surface area contributed by atoms with Crippen molar-refractivity contribution in [2.45, 2.75) is 57.3 Å². The van der Waals surface area contributed by atoms with Gasteiger partial charge >= 0.3 is 0 Å². The molecule has 4 rings (SSSR count). The van der Waals surface area contributed by atoms with E-state index in [-0.39, 0.29) is 18.1 Å². The van der Waals surface area contributed by atoms with E-state index in [0.717, 1.165) is 36.0 Å². The molecule has 0 aliphatic rings. The van der Waals surface area contributed by atoms with Crippen LogP contribution in [0.3, 0.4) is 0 Å². The van der Waals surface area contributed by atoms with Crippen LogP contribution >= 0.6 is 11.3 Å². The van der Waals surface area contributed by atoms with E-state index in [2.05, 4.69) is 16.9 Å². The maximum absolute atomic E-state index is 15.9. The third kappa shape index (κ3) is 5.73. The molecule has 6 nitrogen and oxygen atoms in total. The Bertz CT molecular complexity index is 1570. The van der Waals surface area contributed by atoms with Crippen LogP contribution in [-0.2, 0) is 21.9 Å². The summed E-state index contributed by atoms with van der Waals surface area (Å²) >= 11 is 1.37. The molecule has 4 aromatic rings. The molecule has 0 atom stereocenters. The molecule has 0 saturated heterocycles. The summed E-state index contributed by atoms with van der Waals surface area (Å²) in [5.41, 5.74) is 0.0688. The number of rotatable bonds is 8. The van der Waals surface area contributed by atoms with Crippen LogP contribution in [0.1, 0.15) is 52.8 Å². The van der Waals surface area contributed by atoms with Crippen molar-refractivity contribution in [2.24, 2.45) is 0 Å². The van der Waals surface area contributed by atoms with Gasteiger partial charge in [0.05, 0.1) is 27.0 Å². The lowest BCUT2D eigenvalue weighted by Crippen LogP contribution is -2.17. The molecule has 2 aromatic carbocycles. The monoisotopic (exact) mass is 562 g/mol. The molecular weight excluding hydrogens is 533 g/mol. The summed E-state index contributed by atoms with van der Waals surface area (Å²) < 4.78 is 71.8. The van der Waals surface area contributed by atoms with Gasteiger partial charge in [-0.25, -0.2) is 36.5 Å². The largest absolute Gasteiger partial charge is 0.276 e. The second kappa shape index (κ2) is 10.8. The SMILES string of the molecule is CCCCc1nccc(-c2sc(C(C)(C)C)nc2-c2cccc(NS(=O)(=O)c3c(F)cccc3F)c2F)n1.[HH]. The number of anilines is 1. The zero-order valence-corrected chi connectivity index (χ0v) is 23.0. The van der Waals surface area contributed by atoms with E-state index >= 15 is 4.39 Å². The van der Waals surface area contributed by atoms with E-state index in [4.69, 9.17) is 4.98 Å². The Kier molecular flexibility index (Phi) is 7.89. The fourth-order valence-electron chi connectivity index (χ4n) is 3.71. The molecule has 2 aromatic heterocycles. The standard InChI is InChI=1S/C27H27F3N4O2S2.H2/c1-5-6-13-21-31-15-14-20(32-21)24-23(33-26(37-24)27(2,3)4)16-9-7-12-19(22(16)30)34-38(35,36)25-17(28)10-8-11-18(25)29;/h7-12,14-15,34H,5-6,13H2,1-4H3;1H. The molecule has 0 fully saturated rings. The zero-order chi connectivity index (χ0) is 27.7. The van der Waals surface area contributed by atoms with Crippen LogP contribution in [0, 0.1) is 17.5 Å². The average molecular weight is 563 g/mol. The van der Waals surface area contributed by atoms with Crippen molar-refractivity contribution in [2.75, 3.05) is 4.72 Å². The van der Waals surface area contributed by atoms with E-state index in [0.29, 0.717) is 22.8 Å². The minimum atomic E-state index is -4.77. The summed E-state index contributed by atoms with van der Waals surface area (Å²) in [5, 5.41) is 0.732. The van der Waals surface area contributed by atoms with Crippen molar-refractivity contribution >= 4 is 27.0 Å². The van der Waals surface area contributed by atoms with E-state index in [1.165, 1.54) is 29.5 Å². The van der Waals surface area contributed by atoms with Gasteiger partial charge in [-0.2, -0.15) is 0 Å². The molecule has 202 valence electrons. The number of halogens is 3. The summed E-state index contributed by atoms with van der Waals surface area (Å²) in [6, 6.07) is 8.50. The van der Waals surface area contributed by atoms with E-state index in [1.54, 1.807) is 12.3 Å². The minimum absolute atomic E-state index is 0. The van der Waals surface area contributed by atoms with Gasteiger partial charge in [0.2, 0.25) is 0 Å². The highest BCUT2D eigenvalue weighted by molar-refractivity contribution is 7.92. The Balaban J connectivity index is 0.00000420. The highest BCUT2D eigenvalue weighted by atomic mass is 32.2. The molecule has 38 heavy (non-hydrogen) atoms. The van der Waals surface area contributed by atoms with E-state index in [1.807, 2.05) is 25.5 Å². The molecular formula is C27H29F3N4O2S2. The molecule has 2 heterocycles. The predicted octanol–water partition coefficient (Wildman–Crippen LogP) is 7.37. The second-order valence-electron chi connectivity index (χ2n) is 9.73. The first-order valence-corrected chi connectivity index (χ1v) is 14.3. The molecule has 0 aliphatic carbocycles. The maximum atomic E-state index is 15.9.